The number of carbonyl (C=O) groups is 1. The van der Waals surface area contributed by atoms with Crippen LogP contribution in [0.1, 0.15) is 43.5 Å². The van der Waals surface area contributed by atoms with Crippen molar-refractivity contribution in [1.29, 1.82) is 0 Å². The molecule has 0 aliphatic carbocycles. The lowest BCUT2D eigenvalue weighted by Gasteiger charge is -2.23. The molecule has 0 radical (unpaired) electrons. The standard InChI is InChI=1S/C24H35N5O3/c1-18(6-3-4-14-29-17-22(12-15-30)27-28-29)23(32-2)19-8-10-21(11-9-19)26-24(31)20-7-5-13-25-16-20/h3,6,8-11,17-18,20,23,25,30H,4-5,7,12-16H2,1-2H3,(H,26,31)/b6-3+/t18-,20?,23+/m0/s1. The number of nitrogens with zero attached hydrogens (tertiary/aromatic N) is 3. The average Bonchev–Trinajstić information content (AvgIpc) is 3.26. The second-order valence-electron chi connectivity index (χ2n) is 8.33. The summed E-state index contributed by atoms with van der Waals surface area (Å²) in [6.07, 6.45) is 9.45. The van der Waals surface area contributed by atoms with Gasteiger partial charge in [0.1, 0.15) is 0 Å². The molecule has 2 heterocycles. The number of allylic oxidation sites excluding steroid dienone is 1. The van der Waals surface area contributed by atoms with E-state index in [2.05, 4.69) is 40.0 Å². The van der Waals surface area contributed by atoms with E-state index in [1.54, 1.807) is 11.8 Å². The van der Waals surface area contributed by atoms with Gasteiger partial charge in [0.2, 0.25) is 5.91 Å². The van der Waals surface area contributed by atoms with Gasteiger partial charge in [-0.1, -0.05) is 36.4 Å². The van der Waals surface area contributed by atoms with Crippen LogP contribution in [0, 0.1) is 11.8 Å². The highest BCUT2D eigenvalue weighted by Crippen LogP contribution is 2.28. The average molecular weight is 442 g/mol. The first-order valence-electron chi connectivity index (χ1n) is 11.4. The molecule has 3 rings (SSSR count). The van der Waals surface area contributed by atoms with Gasteiger partial charge in [-0.15, -0.1) is 5.10 Å². The summed E-state index contributed by atoms with van der Waals surface area (Å²) in [4.78, 5) is 12.4. The Morgan fingerprint density at radius 2 is 2.22 bits per heavy atom. The van der Waals surface area contributed by atoms with Crippen molar-refractivity contribution < 1.29 is 14.6 Å². The maximum absolute atomic E-state index is 12.4. The molecule has 0 saturated carbocycles. The number of anilines is 1. The second kappa shape index (κ2) is 12.5. The fourth-order valence-electron chi connectivity index (χ4n) is 4.03. The molecule has 174 valence electrons. The molecule has 8 nitrogen and oxygen atoms in total. The molecule has 1 aliphatic heterocycles. The van der Waals surface area contributed by atoms with Crippen LogP contribution in [-0.4, -0.2) is 52.8 Å². The van der Waals surface area contributed by atoms with Gasteiger partial charge < -0.3 is 20.5 Å². The monoisotopic (exact) mass is 441 g/mol. The molecule has 0 bridgehead atoms. The summed E-state index contributed by atoms with van der Waals surface area (Å²) < 4.78 is 7.56. The van der Waals surface area contributed by atoms with Crippen molar-refractivity contribution >= 4 is 11.6 Å². The molecule has 3 atom stereocenters. The zero-order chi connectivity index (χ0) is 22.8. The third-order valence-electron chi connectivity index (χ3n) is 5.82. The minimum Gasteiger partial charge on any atom is -0.396 e. The summed E-state index contributed by atoms with van der Waals surface area (Å²) in [5.74, 6) is 0.314. The molecular weight excluding hydrogens is 406 g/mol. The van der Waals surface area contributed by atoms with Gasteiger partial charge in [-0.25, -0.2) is 0 Å². The third-order valence-corrected chi connectivity index (χ3v) is 5.82. The first-order chi connectivity index (χ1) is 15.6. The second-order valence-corrected chi connectivity index (χ2v) is 8.33. The summed E-state index contributed by atoms with van der Waals surface area (Å²) in [6.45, 7) is 4.70. The zero-order valence-electron chi connectivity index (χ0n) is 19.0. The van der Waals surface area contributed by atoms with E-state index >= 15 is 0 Å². The number of aliphatic hydroxyl groups is 1. The molecule has 8 heteroatoms. The van der Waals surface area contributed by atoms with Crippen molar-refractivity contribution in [3.8, 4) is 0 Å². The van der Waals surface area contributed by atoms with Crippen LogP contribution in [0.15, 0.2) is 42.6 Å². The molecule has 3 N–H and O–H groups in total. The maximum Gasteiger partial charge on any atom is 0.228 e. The highest BCUT2D eigenvalue weighted by Gasteiger charge is 2.21. The maximum atomic E-state index is 12.4. The first kappa shape index (κ1) is 24.1. The lowest BCUT2D eigenvalue weighted by molar-refractivity contribution is -0.120. The Labute approximate surface area is 190 Å². The fraction of sp³-hybridized carbons (Fsp3) is 0.542. The molecule has 2 aromatic rings. The number of carbonyl (C=O) groups excluding carboxylic acids is 1. The van der Waals surface area contributed by atoms with Crippen LogP contribution in [0.3, 0.4) is 0 Å². The van der Waals surface area contributed by atoms with Gasteiger partial charge in [0.15, 0.2) is 0 Å². The number of aliphatic hydroxyl groups excluding tert-OH is 1. The smallest absolute Gasteiger partial charge is 0.228 e. The normalized spacial score (nSPS) is 18.5. The van der Waals surface area contributed by atoms with Crippen LogP contribution in [-0.2, 0) is 22.5 Å². The zero-order valence-corrected chi connectivity index (χ0v) is 19.0. The van der Waals surface area contributed by atoms with Crippen molar-refractivity contribution in [3.05, 3.63) is 53.9 Å². The summed E-state index contributed by atoms with van der Waals surface area (Å²) in [7, 11) is 1.72. The largest absolute Gasteiger partial charge is 0.396 e. The van der Waals surface area contributed by atoms with Gasteiger partial charge in [0, 0.05) is 51.0 Å². The molecule has 1 amide bonds. The molecule has 1 unspecified atom stereocenters. The number of amides is 1. The number of aryl methyl sites for hydroxylation is 1. The summed E-state index contributed by atoms with van der Waals surface area (Å²) >= 11 is 0. The number of nitrogens with one attached hydrogen (secondary N) is 2. The minimum atomic E-state index is -0.0685. The van der Waals surface area contributed by atoms with E-state index in [-0.39, 0.29) is 30.5 Å². The lowest BCUT2D eigenvalue weighted by Crippen LogP contribution is -2.37. The molecule has 1 saturated heterocycles. The van der Waals surface area contributed by atoms with E-state index in [4.69, 9.17) is 9.84 Å². The Bertz CT molecular complexity index is 859. The number of benzene rings is 1. The number of piperidine rings is 1. The SMILES string of the molecule is CO[C@@H](c1ccc(NC(=O)C2CCCNC2)cc1)[C@@H](C)/C=C/CCn1cc(CCO)nn1. The predicted molar refractivity (Wildman–Crippen MR) is 124 cm³/mol. The van der Waals surface area contributed by atoms with E-state index < -0.39 is 0 Å². The van der Waals surface area contributed by atoms with Gasteiger partial charge in [0.25, 0.3) is 0 Å². The topological polar surface area (TPSA) is 101 Å². The molecule has 1 aromatic carbocycles. The Balaban J connectivity index is 1.49. The van der Waals surface area contributed by atoms with Crippen molar-refractivity contribution in [2.45, 2.75) is 45.3 Å². The van der Waals surface area contributed by atoms with Gasteiger partial charge >= 0.3 is 0 Å². The first-order valence-corrected chi connectivity index (χ1v) is 11.4. The Morgan fingerprint density at radius 3 is 2.91 bits per heavy atom. The highest BCUT2D eigenvalue weighted by molar-refractivity contribution is 5.92. The van der Waals surface area contributed by atoms with Crippen LogP contribution in [0.2, 0.25) is 0 Å². The van der Waals surface area contributed by atoms with E-state index in [1.807, 2.05) is 30.5 Å². The quantitative estimate of drug-likeness (QED) is 0.464. The Kier molecular flexibility index (Phi) is 9.40. The van der Waals surface area contributed by atoms with E-state index in [1.165, 1.54) is 0 Å². The Hall–Kier alpha value is -2.55. The molecule has 32 heavy (non-hydrogen) atoms. The van der Waals surface area contributed by atoms with Crippen LogP contribution in [0.4, 0.5) is 5.69 Å². The molecular formula is C24H35N5O3. The lowest BCUT2D eigenvalue weighted by atomic mass is 9.96. The predicted octanol–water partition coefficient (Wildman–Crippen LogP) is 2.72. The van der Waals surface area contributed by atoms with Crippen molar-refractivity contribution in [3.63, 3.8) is 0 Å². The van der Waals surface area contributed by atoms with Crippen LogP contribution < -0.4 is 10.6 Å². The van der Waals surface area contributed by atoms with Crippen LogP contribution in [0.25, 0.3) is 0 Å². The van der Waals surface area contributed by atoms with Crippen molar-refractivity contribution in [1.82, 2.24) is 20.3 Å². The minimum absolute atomic E-state index is 0.0408. The van der Waals surface area contributed by atoms with Crippen molar-refractivity contribution in [2.75, 3.05) is 32.1 Å². The van der Waals surface area contributed by atoms with Gasteiger partial charge in [-0.2, -0.15) is 0 Å². The van der Waals surface area contributed by atoms with Gasteiger partial charge in [-0.3, -0.25) is 9.48 Å². The van der Waals surface area contributed by atoms with Crippen molar-refractivity contribution in [2.24, 2.45) is 11.8 Å². The number of hydrogen-bond acceptors (Lipinski definition) is 6. The highest BCUT2D eigenvalue weighted by atomic mass is 16.5. The number of aromatic nitrogens is 3. The van der Waals surface area contributed by atoms with Crippen LogP contribution in [0.5, 0.6) is 0 Å². The molecule has 1 fully saturated rings. The van der Waals surface area contributed by atoms with Crippen LogP contribution >= 0.6 is 0 Å². The van der Waals surface area contributed by atoms with Gasteiger partial charge in [0.05, 0.1) is 17.7 Å². The molecule has 1 aromatic heterocycles. The van der Waals surface area contributed by atoms with E-state index in [0.717, 1.165) is 55.8 Å². The Morgan fingerprint density at radius 1 is 1.41 bits per heavy atom. The number of methoxy groups -OCH3 is 1. The number of ether oxygens (including phenoxy) is 1. The van der Waals surface area contributed by atoms with E-state index in [0.29, 0.717) is 6.42 Å². The van der Waals surface area contributed by atoms with Gasteiger partial charge in [-0.05, 0) is 43.5 Å². The third kappa shape index (κ3) is 6.98. The molecule has 1 aliphatic rings. The summed E-state index contributed by atoms with van der Waals surface area (Å²) in [6, 6.07) is 7.93. The molecule has 0 spiro atoms. The van der Waals surface area contributed by atoms with E-state index in [9.17, 15) is 4.79 Å². The number of rotatable bonds is 11. The summed E-state index contributed by atoms with van der Waals surface area (Å²) in [5.41, 5.74) is 2.70. The summed E-state index contributed by atoms with van der Waals surface area (Å²) in [5, 5.41) is 23.4. The fourth-order valence-corrected chi connectivity index (χ4v) is 4.03. The number of hydrogen-bond donors (Lipinski definition) is 3.